The predicted octanol–water partition coefficient (Wildman–Crippen LogP) is -0.817. The molecule has 2 amide bonds. The van der Waals surface area contributed by atoms with Gasteiger partial charge < -0.3 is 15.4 Å². The molecule has 0 saturated carbocycles. The number of allylic oxidation sites excluding steroid dienone is 1. The Bertz CT molecular complexity index is 757. The number of amides is 2. The van der Waals surface area contributed by atoms with Crippen molar-refractivity contribution < 1.29 is 19.2 Å². The molecule has 3 rings (SSSR count). The van der Waals surface area contributed by atoms with E-state index in [1.165, 1.54) is 7.05 Å². The molecule has 22 heavy (non-hydrogen) atoms. The van der Waals surface area contributed by atoms with Gasteiger partial charge in [0.15, 0.2) is 0 Å². The van der Waals surface area contributed by atoms with Crippen molar-refractivity contribution in [3.05, 3.63) is 40.9 Å². The van der Waals surface area contributed by atoms with Gasteiger partial charge in [-0.25, -0.2) is 9.86 Å². The minimum atomic E-state index is -0.725. The molecule has 7 heteroatoms. The SMILES string of the molecule is CN1OC[C@@H](NC(=O)Oc2cccc3c2=CC=CNC=3)C1=O. The molecule has 2 heterocycles. The van der Waals surface area contributed by atoms with E-state index in [1.54, 1.807) is 18.3 Å². The summed E-state index contributed by atoms with van der Waals surface area (Å²) in [6.07, 6.45) is 6.54. The van der Waals surface area contributed by atoms with Crippen molar-refractivity contribution in [2.24, 2.45) is 0 Å². The highest BCUT2D eigenvalue weighted by Crippen LogP contribution is 2.06. The molecule has 114 valence electrons. The normalized spacial score (nSPS) is 19.4. The average molecular weight is 301 g/mol. The van der Waals surface area contributed by atoms with Crippen LogP contribution >= 0.6 is 0 Å². The lowest BCUT2D eigenvalue weighted by Gasteiger charge is -2.10. The molecule has 1 aromatic rings. The van der Waals surface area contributed by atoms with Crippen LogP contribution in [-0.2, 0) is 9.63 Å². The van der Waals surface area contributed by atoms with Gasteiger partial charge in [0, 0.05) is 29.9 Å². The second-order valence-electron chi connectivity index (χ2n) is 4.81. The molecule has 0 spiro atoms. The van der Waals surface area contributed by atoms with Crippen LogP contribution in [0.1, 0.15) is 0 Å². The Kier molecular flexibility index (Phi) is 3.80. The molecule has 0 aliphatic carbocycles. The Balaban J connectivity index is 1.77. The van der Waals surface area contributed by atoms with E-state index in [4.69, 9.17) is 9.57 Å². The average Bonchev–Trinajstić information content (AvgIpc) is 2.71. The van der Waals surface area contributed by atoms with E-state index in [9.17, 15) is 9.59 Å². The third kappa shape index (κ3) is 2.79. The Hall–Kier alpha value is -2.80. The first-order valence-corrected chi connectivity index (χ1v) is 6.76. The number of carbonyl (C=O) groups is 2. The topological polar surface area (TPSA) is 79.9 Å². The molecule has 0 bridgehead atoms. The van der Waals surface area contributed by atoms with Crippen molar-refractivity contribution in [1.82, 2.24) is 15.7 Å². The minimum absolute atomic E-state index is 0.101. The van der Waals surface area contributed by atoms with Crippen LogP contribution in [0, 0.1) is 0 Å². The van der Waals surface area contributed by atoms with E-state index in [0.717, 1.165) is 15.5 Å². The van der Waals surface area contributed by atoms with Crippen LogP contribution < -0.4 is 25.8 Å². The number of hydrogen-bond donors (Lipinski definition) is 2. The number of rotatable bonds is 2. The van der Waals surface area contributed by atoms with Gasteiger partial charge in [0.1, 0.15) is 18.4 Å². The molecule has 1 fully saturated rings. The maximum Gasteiger partial charge on any atom is 0.413 e. The monoisotopic (exact) mass is 301 g/mol. The summed E-state index contributed by atoms with van der Waals surface area (Å²) in [4.78, 5) is 28.7. The smallest absolute Gasteiger partial charge is 0.410 e. The summed E-state index contributed by atoms with van der Waals surface area (Å²) in [5, 5.41) is 8.27. The van der Waals surface area contributed by atoms with Crippen LogP contribution in [0.3, 0.4) is 0 Å². The summed E-state index contributed by atoms with van der Waals surface area (Å²) >= 11 is 0. The highest BCUT2D eigenvalue weighted by molar-refractivity contribution is 5.86. The number of nitrogens with zero attached hydrogens (tertiary/aromatic N) is 1. The summed E-state index contributed by atoms with van der Waals surface area (Å²) in [6.45, 7) is 0.101. The number of benzene rings is 1. The van der Waals surface area contributed by atoms with Crippen LogP contribution in [0.5, 0.6) is 5.75 Å². The van der Waals surface area contributed by atoms with Crippen molar-refractivity contribution >= 4 is 24.3 Å². The first kappa shape index (κ1) is 14.2. The summed E-state index contributed by atoms with van der Waals surface area (Å²) < 4.78 is 5.32. The van der Waals surface area contributed by atoms with E-state index in [0.29, 0.717) is 5.75 Å². The van der Waals surface area contributed by atoms with Gasteiger partial charge in [-0.05, 0) is 18.2 Å². The number of hydroxylamine groups is 2. The molecular weight excluding hydrogens is 286 g/mol. The first-order chi connectivity index (χ1) is 10.6. The second kappa shape index (κ2) is 5.90. The summed E-state index contributed by atoms with van der Waals surface area (Å²) in [5.74, 6) is 0.107. The highest BCUT2D eigenvalue weighted by atomic mass is 16.7. The lowest BCUT2D eigenvalue weighted by atomic mass is 10.2. The van der Waals surface area contributed by atoms with Crippen LogP contribution in [-0.4, -0.2) is 36.8 Å². The summed E-state index contributed by atoms with van der Waals surface area (Å²) in [6, 6.07) is 4.66. The fourth-order valence-corrected chi connectivity index (χ4v) is 2.21. The van der Waals surface area contributed by atoms with Crippen molar-refractivity contribution in [2.75, 3.05) is 13.7 Å². The number of carbonyl (C=O) groups excluding carboxylic acids is 2. The highest BCUT2D eigenvalue weighted by Gasteiger charge is 2.32. The maximum atomic E-state index is 12.0. The van der Waals surface area contributed by atoms with E-state index >= 15 is 0 Å². The molecule has 2 aliphatic heterocycles. The number of likely N-dealkylation sites (N-methyl/N-ethyl adjacent to an activating group) is 1. The Morgan fingerprint density at radius 2 is 2.36 bits per heavy atom. The van der Waals surface area contributed by atoms with Crippen molar-refractivity contribution in [3.8, 4) is 5.75 Å². The zero-order chi connectivity index (χ0) is 15.5. The van der Waals surface area contributed by atoms with Gasteiger partial charge in [0.25, 0.3) is 5.91 Å². The maximum absolute atomic E-state index is 12.0. The van der Waals surface area contributed by atoms with Crippen LogP contribution in [0.2, 0.25) is 0 Å². The van der Waals surface area contributed by atoms with E-state index in [2.05, 4.69) is 10.6 Å². The quantitative estimate of drug-likeness (QED) is 0.746. The van der Waals surface area contributed by atoms with Crippen LogP contribution in [0.15, 0.2) is 30.5 Å². The summed E-state index contributed by atoms with van der Waals surface area (Å²) in [7, 11) is 1.50. The number of fused-ring (bicyclic) bond motifs is 1. The fraction of sp³-hybridized carbons (Fsp3) is 0.200. The molecule has 1 saturated heterocycles. The summed E-state index contributed by atoms with van der Waals surface area (Å²) in [5.41, 5.74) is 0. The van der Waals surface area contributed by atoms with Gasteiger partial charge in [-0.2, -0.15) is 0 Å². The Labute approximate surface area is 126 Å². The van der Waals surface area contributed by atoms with Gasteiger partial charge in [0.05, 0.1) is 0 Å². The zero-order valence-corrected chi connectivity index (χ0v) is 11.9. The van der Waals surface area contributed by atoms with Gasteiger partial charge in [-0.3, -0.25) is 9.63 Å². The number of ether oxygens (including phenoxy) is 1. The van der Waals surface area contributed by atoms with Crippen molar-refractivity contribution in [1.29, 1.82) is 0 Å². The lowest BCUT2D eigenvalue weighted by Crippen LogP contribution is -2.44. The van der Waals surface area contributed by atoms with Gasteiger partial charge in [-0.15, -0.1) is 0 Å². The molecule has 1 aromatic carbocycles. The van der Waals surface area contributed by atoms with Crippen LogP contribution in [0.25, 0.3) is 12.3 Å². The zero-order valence-electron chi connectivity index (χ0n) is 11.9. The Morgan fingerprint density at radius 1 is 1.50 bits per heavy atom. The van der Waals surface area contributed by atoms with E-state index in [1.807, 2.05) is 24.4 Å². The van der Waals surface area contributed by atoms with Gasteiger partial charge >= 0.3 is 6.09 Å². The number of hydrogen-bond acceptors (Lipinski definition) is 5. The molecular formula is C15H15N3O4. The number of nitrogens with one attached hydrogen (secondary N) is 2. The largest absolute Gasteiger partial charge is 0.413 e. The third-order valence-corrected chi connectivity index (χ3v) is 3.33. The van der Waals surface area contributed by atoms with E-state index in [-0.39, 0.29) is 12.5 Å². The van der Waals surface area contributed by atoms with Crippen molar-refractivity contribution in [2.45, 2.75) is 6.04 Å². The molecule has 1 atom stereocenters. The standard InChI is InChI=1S/C15H15N3O4/c1-18-14(19)12(9-21-18)17-15(20)22-13-6-2-4-10-8-16-7-3-5-11(10)13/h2-8,12,16H,9H2,1H3,(H,17,20)/t12-/m1/s1. The minimum Gasteiger partial charge on any atom is -0.410 e. The van der Waals surface area contributed by atoms with Crippen LogP contribution in [0.4, 0.5) is 4.79 Å². The third-order valence-electron chi connectivity index (χ3n) is 3.33. The molecule has 7 nitrogen and oxygen atoms in total. The molecule has 0 aromatic heterocycles. The molecule has 0 unspecified atom stereocenters. The molecule has 0 radical (unpaired) electrons. The fourth-order valence-electron chi connectivity index (χ4n) is 2.21. The van der Waals surface area contributed by atoms with Gasteiger partial charge in [-0.1, -0.05) is 12.1 Å². The van der Waals surface area contributed by atoms with Crippen molar-refractivity contribution in [3.63, 3.8) is 0 Å². The molecule has 2 N–H and O–H groups in total. The first-order valence-electron chi connectivity index (χ1n) is 6.76. The second-order valence-corrected chi connectivity index (χ2v) is 4.81. The predicted molar refractivity (Wildman–Crippen MR) is 78.6 cm³/mol. The lowest BCUT2D eigenvalue weighted by molar-refractivity contribution is -0.154. The molecule has 2 aliphatic rings. The van der Waals surface area contributed by atoms with Gasteiger partial charge in [0.2, 0.25) is 0 Å². The Morgan fingerprint density at radius 3 is 3.14 bits per heavy atom. The van der Waals surface area contributed by atoms with E-state index < -0.39 is 12.1 Å².